The molecule has 3 aromatic heterocycles. The third-order valence-electron chi connectivity index (χ3n) is 6.19. The molecule has 5 rings (SSSR count). The number of carboxylic acid groups (broad SMARTS) is 2. The maximum atomic E-state index is 12.8. The highest BCUT2D eigenvalue weighted by atomic mass is 19.4. The second-order valence-corrected chi connectivity index (χ2v) is 9.19. The Morgan fingerprint density at radius 2 is 1.47 bits per heavy atom. The zero-order chi connectivity index (χ0) is 31.8. The van der Waals surface area contributed by atoms with Crippen molar-refractivity contribution in [3.63, 3.8) is 0 Å². The molecule has 2 N–H and O–H groups in total. The first-order valence-corrected chi connectivity index (χ1v) is 12.7. The number of carbonyl (C=O) groups excluding carboxylic acids is 1. The van der Waals surface area contributed by atoms with Crippen LogP contribution in [0.15, 0.2) is 42.9 Å². The Labute approximate surface area is 239 Å². The van der Waals surface area contributed by atoms with Crippen LogP contribution < -0.4 is 4.90 Å². The number of hydrogen-bond acceptors (Lipinski definition) is 8. The third-order valence-corrected chi connectivity index (χ3v) is 6.19. The number of carboxylic acids is 2. The maximum Gasteiger partial charge on any atom is 0.490 e. The lowest BCUT2D eigenvalue weighted by Crippen LogP contribution is -2.39. The Bertz CT molecular complexity index is 1370. The summed E-state index contributed by atoms with van der Waals surface area (Å²) in [5, 5.41) is 19.0. The molecule has 2 fully saturated rings. The van der Waals surface area contributed by atoms with Crippen molar-refractivity contribution in [3.8, 4) is 0 Å². The van der Waals surface area contributed by atoms with Gasteiger partial charge in [0.25, 0.3) is 5.91 Å². The SMILES string of the molecule is O=C(O)C(F)(F)F.O=C(O)C(F)(F)F.O=C(c1ccncc1)N1CCCC(c2nc3ccc(N4CCOCC4)cn3n2)C1. The van der Waals surface area contributed by atoms with E-state index in [0.717, 1.165) is 62.8 Å². The molecule has 1 amide bonds. The first kappa shape index (κ1) is 33.0. The number of aliphatic carboxylic acids is 2. The summed E-state index contributed by atoms with van der Waals surface area (Å²) >= 11 is 0. The fourth-order valence-electron chi connectivity index (χ4n) is 4.12. The average molecular weight is 621 g/mol. The molecule has 0 saturated carbocycles. The summed E-state index contributed by atoms with van der Waals surface area (Å²) < 4.78 is 70.8. The Morgan fingerprint density at radius 3 is 2.02 bits per heavy atom. The minimum atomic E-state index is -5.08. The lowest BCUT2D eigenvalue weighted by molar-refractivity contribution is -0.193. The number of carbonyl (C=O) groups is 3. The summed E-state index contributed by atoms with van der Waals surface area (Å²) in [6, 6.07) is 7.65. The standard InChI is InChI=1S/C21H24N6O2.2C2HF3O2/c28-21(16-5-7-22-8-6-16)26-9-1-2-17(14-26)20-23-19-4-3-18(15-27(19)24-20)25-10-12-29-13-11-25;2*3-2(4,5)1(6)7/h3-8,15,17H,1-2,9-14H2;2*(H,6,7). The molecule has 2 saturated heterocycles. The minimum Gasteiger partial charge on any atom is -0.475 e. The van der Waals surface area contributed by atoms with E-state index in [1.54, 1.807) is 24.5 Å². The van der Waals surface area contributed by atoms with Crippen molar-refractivity contribution in [2.75, 3.05) is 44.3 Å². The first-order valence-electron chi connectivity index (χ1n) is 12.7. The van der Waals surface area contributed by atoms with E-state index in [1.165, 1.54) is 0 Å². The fourth-order valence-corrected chi connectivity index (χ4v) is 4.12. The molecular weight excluding hydrogens is 594 g/mol. The second kappa shape index (κ2) is 14.1. The van der Waals surface area contributed by atoms with Crippen molar-refractivity contribution >= 4 is 29.2 Å². The first-order chi connectivity index (χ1) is 20.2. The van der Waals surface area contributed by atoms with E-state index in [2.05, 4.69) is 16.0 Å². The van der Waals surface area contributed by atoms with Gasteiger partial charge in [0.15, 0.2) is 11.5 Å². The van der Waals surface area contributed by atoms with Gasteiger partial charge in [-0.3, -0.25) is 9.78 Å². The zero-order valence-corrected chi connectivity index (χ0v) is 22.3. The highest BCUT2D eigenvalue weighted by Crippen LogP contribution is 2.27. The van der Waals surface area contributed by atoms with Crippen molar-refractivity contribution in [1.82, 2.24) is 24.5 Å². The van der Waals surface area contributed by atoms with Gasteiger partial charge < -0.3 is 24.7 Å². The quantitative estimate of drug-likeness (QED) is 0.418. The van der Waals surface area contributed by atoms with Gasteiger partial charge in [-0.15, -0.1) is 0 Å². The molecule has 5 heterocycles. The number of hydrogen-bond donors (Lipinski definition) is 2. The van der Waals surface area contributed by atoms with Gasteiger partial charge in [0, 0.05) is 50.1 Å². The van der Waals surface area contributed by atoms with Crippen LogP contribution in [-0.2, 0) is 14.3 Å². The Morgan fingerprint density at radius 1 is 0.884 bits per heavy atom. The number of piperidine rings is 1. The van der Waals surface area contributed by atoms with Crippen molar-refractivity contribution < 1.29 is 55.7 Å². The molecule has 0 aromatic carbocycles. The number of likely N-dealkylation sites (tertiary alicyclic amines) is 1. The Balaban J connectivity index is 0.000000303. The molecule has 2 aliphatic rings. The number of rotatable bonds is 3. The molecule has 1 unspecified atom stereocenters. The molecule has 18 heteroatoms. The summed E-state index contributed by atoms with van der Waals surface area (Å²) in [5.74, 6) is -4.49. The van der Waals surface area contributed by atoms with E-state index in [4.69, 9.17) is 34.6 Å². The summed E-state index contributed by atoms with van der Waals surface area (Å²) in [6.07, 6.45) is -2.86. The van der Waals surface area contributed by atoms with Gasteiger partial charge >= 0.3 is 24.3 Å². The van der Waals surface area contributed by atoms with E-state index in [-0.39, 0.29) is 11.8 Å². The fraction of sp³-hybridized carbons (Fsp3) is 0.440. The molecule has 0 aliphatic carbocycles. The number of morpholine rings is 1. The second-order valence-electron chi connectivity index (χ2n) is 9.19. The van der Waals surface area contributed by atoms with Gasteiger partial charge in [0.1, 0.15) is 0 Å². The number of pyridine rings is 2. The lowest BCUT2D eigenvalue weighted by Gasteiger charge is -2.31. The normalized spacial score (nSPS) is 17.3. The number of fused-ring (bicyclic) bond motifs is 1. The van der Waals surface area contributed by atoms with Gasteiger partial charge in [0.05, 0.1) is 25.1 Å². The van der Waals surface area contributed by atoms with E-state index in [0.29, 0.717) is 12.1 Å². The van der Waals surface area contributed by atoms with Crippen LogP contribution in [0.3, 0.4) is 0 Å². The molecule has 2 aliphatic heterocycles. The molecular formula is C25H26F6N6O6. The number of halogens is 6. The van der Waals surface area contributed by atoms with Crippen LogP contribution in [-0.4, -0.2) is 104 Å². The van der Waals surface area contributed by atoms with Crippen molar-refractivity contribution in [2.45, 2.75) is 31.1 Å². The number of anilines is 1. The summed E-state index contributed by atoms with van der Waals surface area (Å²) in [6.45, 7) is 4.71. The molecule has 1 atom stereocenters. The smallest absolute Gasteiger partial charge is 0.475 e. The lowest BCUT2D eigenvalue weighted by atomic mass is 9.97. The molecule has 0 bridgehead atoms. The predicted molar refractivity (Wildman–Crippen MR) is 136 cm³/mol. The monoisotopic (exact) mass is 620 g/mol. The van der Waals surface area contributed by atoms with Crippen LogP contribution in [0.2, 0.25) is 0 Å². The highest BCUT2D eigenvalue weighted by molar-refractivity contribution is 5.94. The minimum absolute atomic E-state index is 0.0514. The molecule has 3 aromatic rings. The van der Waals surface area contributed by atoms with Gasteiger partial charge in [-0.05, 0) is 37.1 Å². The van der Waals surface area contributed by atoms with Crippen molar-refractivity contribution in [2.24, 2.45) is 0 Å². The van der Waals surface area contributed by atoms with Crippen LogP contribution >= 0.6 is 0 Å². The molecule has 43 heavy (non-hydrogen) atoms. The highest BCUT2D eigenvalue weighted by Gasteiger charge is 2.39. The number of amides is 1. The summed E-state index contributed by atoms with van der Waals surface area (Å²) in [5.41, 5.74) is 2.66. The molecule has 0 radical (unpaired) electrons. The number of alkyl halides is 6. The van der Waals surface area contributed by atoms with Crippen LogP contribution in [0.4, 0.5) is 32.0 Å². The predicted octanol–water partition coefficient (Wildman–Crippen LogP) is 3.25. The van der Waals surface area contributed by atoms with Gasteiger partial charge in [-0.2, -0.15) is 31.4 Å². The summed E-state index contributed by atoms with van der Waals surface area (Å²) in [4.78, 5) is 43.6. The van der Waals surface area contributed by atoms with Gasteiger partial charge in [0.2, 0.25) is 0 Å². The Kier molecular flexibility index (Phi) is 10.8. The van der Waals surface area contributed by atoms with Crippen LogP contribution in [0, 0.1) is 0 Å². The van der Waals surface area contributed by atoms with Crippen LogP contribution in [0.1, 0.15) is 34.9 Å². The van der Waals surface area contributed by atoms with Crippen molar-refractivity contribution in [1.29, 1.82) is 0 Å². The van der Waals surface area contributed by atoms with Gasteiger partial charge in [-0.25, -0.2) is 19.1 Å². The largest absolute Gasteiger partial charge is 0.490 e. The van der Waals surface area contributed by atoms with Crippen LogP contribution in [0.25, 0.3) is 5.65 Å². The molecule has 234 valence electrons. The van der Waals surface area contributed by atoms with E-state index < -0.39 is 24.3 Å². The summed E-state index contributed by atoms with van der Waals surface area (Å²) in [7, 11) is 0. The number of nitrogens with zero attached hydrogens (tertiary/aromatic N) is 6. The molecule has 0 spiro atoms. The third kappa shape index (κ3) is 9.52. The number of ether oxygens (including phenoxy) is 1. The maximum absolute atomic E-state index is 12.8. The Hall–Kier alpha value is -4.48. The average Bonchev–Trinajstić information content (AvgIpc) is 3.41. The van der Waals surface area contributed by atoms with Gasteiger partial charge in [-0.1, -0.05) is 0 Å². The van der Waals surface area contributed by atoms with Crippen molar-refractivity contribution in [3.05, 3.63) is 54.2 Å². The van der Waals surface area contributed by atoms with E-state index in [1.807, 2.05) is 21.7 Å². The van der Waals surface area contributed by atoms with E-state index >= 15 is 0 Å². The molecule has 12 nitrogen and oxygen atoms in total. The van der Waals surface area contributed by atoms with E-state index in [9.17, 15) is 31.1 Å². The topological polar surface area (TPSA) is 150 Å². The zero-order valence-electron chi connectivity index (χ0n) is 22.3. The number of aromatic nitrogens is 4. The van der Waals surface area contributed by atoms with Crippen LogP contribution in [0.5, 0.6) is 0 Å².